The minimum absolute atomic E-state index is 0.140. The molecule has 1 aliphatic rings. The third kappa shape index (κ3) is 3.83. The summed E-state index contributed by atoms with van der Waals surface area (Å²) in [7, 11) is 0. The first-order chi connectivity index (χ1) is 9.68. The Kier molecular flexibility index (Phi) is 5.62. The van der Waals surface area contributed by atoms with Gasteiger partial charge in [-0.3, -0.25) is 0 Å². The van der Waals surface area contributed by atoms with Crippen molar-refractivity contribution in [3.63, 3.8) is 0 Å². The quantitative estimate of drug-likeness (QED) is 0.859. The van der Waals surface area contributed by atoms with E-state index in [9.17, 15) is 5.11 Å². The molecule has 1 saturated heterocycles. The van der Waals surface area contributed by atoms with Gasteiger partial charge in [-0.2, -0.15) is 0 Å². The van der Waals surface area contributed by atoms with Crippen molar-refractivity contribution in [3.8, 4) is 0 Å². The molecule has 0 spiro atoms. The zero-order valence-corrected chi connectivity index (χ0v) is 13.0. The van der Waals surface area contributed by atoms with Crippen molar-refractivity contribution < 1.29 is 5.11 Å². The van der Waals surface area contributed by atoms with Gasteiger partial charge in [0.1, 0.15) is 0 Å². The van der Waals surface area contributed by atoms with Crippen LogP contribution in [-0.4, -0.2) is 36.2 Å². The van der Waals surface area contributed by atoms with Crippen molar-refractivity contribution in [2.24, 2.45) is 5.92 Å². The van der Waals surface area contributed by atoms with Crippen molar-refractivity contribution >= 4 is 0 Å². The fourth-order valence-corrected chi connectivity index (χ4v) is 3.41. The van der Waals surface area contributed by atoms with E-state index in [-0.39, 0.29) is 12.0 Å². The number of benzene rings is 1. The van der Waals surface area contributed by atoms with Gasteiger partial charge in [-0.05, 0) is 37.4 Å². The van der Waals surface area contributed by atoms with Gasteiger partial charge in [-0.25, -0.2) is 0 Å². The molecule has 1 N–H and O–H groups in total. The summed E-state index contributed by atoms with van der Waals surface area (Å²) >= 11 is 0. The largest absolute Gasteiger partial charge is 0.395 e. The Morgan fingerprint density at radius 1 is 1.20 bits per heavy atom. The molecule has 0 aliphatic carbocycles. The number of aliphatic hydroxyl groups is 1. The van der Waals surface area contributed by atoms with E-state index in [0.717, 1.165) is 12.5 Å². The van der Waals surface area contributed by atoms with Crippen LogP contribution in [0.1, 0.15) is 45.1 Å². The van der Waals surface area contributed by atoms with Crippen molar-refractivity contribution in [3.05, 3.63) is 35.9 Å². The zero-order chi connectivity index (χ0) is 14.4. The van der Waals surface area contributed by atoms with Crippen LogP contribution >= 0.6 is 0 Å². The second-order valence-electron chi connectivity index (χ2n) is 6.59. The van der Waals surface area contributed by atoms with Crippen LogP contribution in [0.25, 0.3) is 0 Å². The predicted octanol–water partition coefficient (Wildman–Crippen LogP) is 3.45. The Morgan fingerprint density at radius 2 is 1.85 bits per heavy atom. The monoisotopic (exact) mass is 275 g/mol. The SMILES string of the molecule is CCCC1CCN(CC(C)(CO)c2ccccc2)CC1. The number of likely N-dealkylation sites (tertiary alicyclic amines) is 1. The van der Waals surface area contributed by atoms with Gasteiger partial charge in [0.2, 0.25) is 0 Å². The summed E-state index contributed by atoms with van der Waals surface area (Å²) in [4.78, 5) is 2.54. The molecule has 112 valence electrons. The van der Waals surface area contributed by atoms with Crippen LogP contribution in [0, 0.1) is 5.92 Å². The number of hydrogen-bond acceptors (Lipinski definition) is 2. The molecule has 2 rings (SSSR count). The van der Waals surface area contributed by atoms with Crippen LogP contribution < -0.4 is 0 Å². The normalized spacial score (nSPS) is 20.8. The molecule has 1 atom stereocenters. The molecular formula is C18H29NO. The molecule has 2 nitrogen and oxygen atoms in total. The Bertz CT molecular complexity index is 384. The molecule has 2 heteroatoms. The standard InChI is InChI=1S/C18H29NO/c1-3-7-16-10-12-19(13-11-16)14-18(2,15-20)17-8-5-4-6-9-17/h4-6,8-9,16,20H,3,7,10-15H2,1-2H3. The summed E-state index contributed by atoms with van der Waals surface area (Å²) in [6.45, 7) is 8.02. The van der Waals surface area contributed by atoms with Crippen LogP contribution in [0.2, 0.25) is 0 Å². The highest BCUT2D eigenvalue weighted by Crippen LogP contribution is 2.28. The maximum absolute atomic E-state index is 9.88. The van der Waals surface area contributed by atoms with Gasteiger partial charge in [0.05, 0.1) is 6.61 Å². The zero-order valence-electron chi connectivity index (χ0n) is 13.0. The van der Waals surface area contributed by atoms with Crippen molar-refractivity contribution in [2.45, 2.75) is 44.9 Å². The van der Waals surface area contributed by atoms with E-state index in [1.165, 1.54) is 44.3 Å². The second-order valence-corrected chi connectivity index (χ2v) is 6.59. The van der Waals surface area contributed by atoms with Gasteiger partial charge in [-0.15, -0.1) is 0 Å². The van der Waals surface area contributed by atoms with Gasteiger partial charge in [0.25, 0.3) is 0 Å². The molecule has 0 saturated carbocycles. The van der Waals surface area contributed by atoms with E-state index >= 15 is 0 Å². The summed E-state index contributed by atoms with van der Waals surface area (Å²) in [5.41, 5.74) is 1.11. The number of rotatable bonds is 6. The van der Waals surface area contributed by atoms with Crippen molar-refractivity contribution in [1.82, 2.24) is 4.90 Å². The van der Waals surface area contributed by atoms with E-state index in [4.69, 9.17) is 0 Å². The van der Waals surface area contributed by atoms with Crippen LogP contribution in [0.5, 0.6) is 0 Å². The number of hydrogen-bond donors (Lipinski definition) is 1. The molecule has 1 aromatic rings. The average molecular weight is 275 g/mol. The Balaban J connectivity index is 1.94. The third-order valence-corrected chi connectivity index (χ3v) is 4.80. The summed E-state index contributed by atoms with van der Waals surface area (Å²) in [5.74, 6) is 0.924. The van der Waals surface area contributed by atoms with E-state index < -0.39 is 0 Å². The molecule has 1 heterocycles. The van der Waals surface area contributed by atoms with Crippen molar-refractivity contribution in [1.29, 1.82) is 0 Å². The van der Waals surface area contributed by atoms with Crippen LogP contribution in [-0.2, 0) is 5.41 Å². The highest BCUT2D eigenvalue weighted by Gasteiger charge is 2.30. The fourth-order valence-electron chi connectivity index (χ4n) is 3.41. The minimum Gasteiger partial charge on any atom is -0.395 e. The molecular weight excluding hydrogens is 246 g/mol. The maximum Gasteiger partial charge on any atom is 0.0537 e. The van der Waals surface area contributed by atoms with Crippen LogP contribution in [0.3, 0.4) is 0 Å². The molecule has 0 aromatic heterocycles. The Hall–Kier alpha value is -0.860. The van der Waals surface area contributed by atoms with Crippen LogP contribution in [0.15, 0.2) is 30.3 Å². The number of piperidine rings is 1. The Morgan fingerprint density at radius 3 is 2.40 bits per heavy atom. The molecule has 0 radical (unpaired) electrons. The lowest BCUT2D eigenvalue weighted by Crippen LogP contribution is -2.44. The molecule has 0 bridgehead atoms. The fraction of sp³-hybridized carbons (Fsp3) is 0.667. The molecule has 0 amide bonds. The third-order valence-electron chi connectivity index (χ3n) is 4.80. The van der Waals surface area contributed by atoms with Gasteiger partial charge in [0, 0.05) is 12.0 Å². The first kappa shape index (κ1) is 15.5. The topological polar surface area (TPSA) is 23.5 Å². The first-order valence-corrected chi connectivity index (χ1v) is 8.06. The number of nitrogens with zero attached hydrogens (tertiary/aromatic N) is 1. The van der Waals surface area contributed by atoms with Gasteiger partial charge in [0.15, 0.2) is 0 Å². The molecule has 1 unspecified atom stereocenters. The second kappa shape index (κ2) is 7.24. The van der Waals surface area contributed by atoms with E-state index in [1.807, 2.05) is 6.07 Å². The predicted molar refractivity (Wildman–Crippen MR) is 85.0 cm³/mol. The van der Waals surface area contributed by atoms with E-state index in [2.05, 4.69) is 43.0 Å². The number of aliphatic hydroxyl groups excluding tert-OH is 1. The van der Waals surface area contributed by atoms with Crippen LogP contribution in [0.4, 0.5) is 0 Å². The van der Waals surface area contributed by atoms with E-state index in [1.54, 1.807) is 0 Å². The lowest BCUT2D eigenvalue weighted by Gasteiger charge is -2.38. The average Bonchev–Trinajstić information content (AvgIpc) is 2.50. The first-order valence-electron chi connectivity index (χ1n) is 8.06. The van der Waals surface area contributed by atoms with Gasteiger partial charge < -0.3 is 10.0 Å². The summed E-state index contributed by atoms with van der Waals surface area (Å²) < 4.78 is 0. The smallest absolute Gasteiger partial charge is 0.0537 e. The van der Waals surface area contributed by atoms with Gasteiger partial charge >= 0.3 is 0 Å². The maximum atomic E-state index is 9.88. The van der Waals surface area contributed by atoms with E-state index in [0.29, 0.717) is 0 Å². The minimum atomic E-state index is -0.140. The summed E-state index contributed by atoms with van der Waals surface area (Å²) in [5, 5.41) is 9.88. The highest BCUT2D eigenvalue weighted by atomic mass is 16.3. The van der Waals surface area contributed by atoms with Crippen molar-refractivity contribution in [2.75, 3.05) is 26.2 Å². The molecule has 1 fully saturated rings. The Labute approximate surface area is 123 Å². The summed E-state index contributed by atoms with van der Waals surface area (Å²) in [6.07, 6.45) is 5.33. The lowest BCUT2D eigenvalue weighted by atomic mass is 9.81. The molecule has 1 aromatic carbocycles. The lowest BCUT2D eigenvalue weighted by molar-refractivity contribution is 0.112. The molecule has 20 heavy (non-hydrogen) atoms. The van der Waals surface area contributed by atoms with Gasteiger partial charge in [-0.1, -0.05) is 57.0 Å². The summed E-state index contributed by atoms with van der Waals surface area (Å²) in [6, 6.07) is 10.4. The molecule has 1 aliphatic heterocycles. The highest BCUT2D eigenvalue weighted by molar-refractivity contribution is 5.25.